The van der Waals surface area contributed by atoms with Crippen LogP contribution in [-0.4, -0.2) is 20.7 Å². The Morgan fingerprint density at radius 1 is 1.36 bits per heavy atom. The van der Waals surface area contributed by atoms with Crippen LogP contribution in [0.25, 0.3) is 0 Å². The third-order valence-electron chi connectivity index (χ3n) is 2.87. The molecule has 0 spiro atoms. The molecule has 0 aromatic heterocycles. The van der Waals surface area contributed by atoms with Gasteiger partial charge in [-0.3, -0.25) is 0 Å². The van der Waals surface area contributed by atoms with Crippen LogP contribution in [0.1, 0.15) is 39.5 Å². The number of sulfonamides is 1. The Kier molecular flexibility index (Phi) is 4.38. The van der Waals surface area contributed by atoms with Crippen LogP contribution < -0.4 is 4.72 Å². The van der Waals surface area contributed by atoms with Gasteiger partial charge in [0.1, 0.15) is 0 Å². The average Bonchev–Trinajstić information content (AvgIpc) is 2.48. The van der Waals surface area contributed by atoms with Crippen molar-refractivity contribution in [2.75, 3.05) is 12.3 Å². The van der Waals surface area contributed by atoms with Gasteiger partial charge in [0.15, 0.2) is 0 Å². The van der Waals surface area contributed by atoms with E-state index in [0.717, 1.165) is 5.92 Å². The van der Waals surface area contributed by atoms with Crippen molar-refractivity contribution in [3.05, 3.63) is 0 Å². The molecule has 4 heteroatoms. The first-order valence-corrected chi connectivity index (χ1v) is 7.16. The zero-order chi connectivity index (χ0) is 10.6. The standard InChI is InChI=1S/C10H21NO2S/c1-3-6-14(12,13)11-8-10-5-4-9(2)7-10/h9-11H,3-8H2,1-2H3. The van der Waals surface area contributed by atoms with E-state index in [-0.39, 0.29) is 5.75 Å². The predicted molar refractivity (Wildman–Crippen MR) is 58.6 cm³/mol. The van der Waals surface area contributed by atoms with Crippen molar-refractivity contribution < 1.29 is 8.42 Å². The average molecular weight is 219 g/mol. The van der Waals surface area contributed by atoms with Gasteiger partial charge in [-0.15, -0.1) is 0 Å². The second-order valence-electron chi connectivity index (χ2n) is 4.45. The fourth-order valence-electron chi connectivity index (χ4n) is 2.10. The zero-order valence-corrected chi connectivity index (χ0v) is 9.94. The lowest BCUT2D eigenvalue weighted by atomic mass is 10.1. The first-order chi connectivity index (χ1) is 6.53. The van der Waals surface area contributed by atoms with Gasteiger partial charge >= 0.3 is 0 Å². The maximum atomic E-state index is 11.4. The van der Waals surface area contributed by atoms with Gasteiger partial charge in [-0.2, -0.15) is 0 Å². The first kappa shape index (κ1) is 12.0. The Hall–Kier alpha value is -0.0900. The van der Waals surface area contributed by atoms with Gasteiger partial charge < -0.3 is 0 Å². The summed E-state index contributed by atoms with van der Waals surface area (Å²) < 4.78 is 25.4. The van der Waals surface area contributed by atoms with E-state index in [4.69, 9.17) is 0 Å². The Labute approximate surface area is 87.3 Å². The lowest BCUT2D eigenvalue weighted by molar-refractivity contribution is 0.498. The molecule has 0 radical (unpaired) electrons. The molecule has 2 unspecified atom stereocenters. The molecule has 3 nitrogen and oxygen atoms in total. The molecule has 1 N–H and O–H groups in total. The van der Waals surface area contributed by atoms with E-state index in [1.807, 2.05) is 6.92 Å². The molecule has 0 aliphatic heterocycles. The molecule has 2 atom stereocenters. The molecule has 1 fully saturated rings. The van der Waals surface area contributed by atoms with Crippen molar-refractivity contribution in [2.45, 2.75) is 39.5 Å². The lowest BCUT2D eigenvalue weighted by Crippen LogP contribution is -2.30. The van der Waals surface area contributed by atoms with Gasteiger partial charge in [-0.25, -0.2) is 13.1 Å². The summed E-state index contributed by atoms with van der Waals surface area (Å²) >= 11 is 0. The Morgan fingerprint density at radius 3 is 2.57 bits per heavy atom. The summed E-state index contributed by atoms with van der Waals surface area (Å²) in [6.45, 7) is 4.77. The van der Waals surface area contributed by atoms with E-state index in [0.29, 0.717) is 18.9 Å². The monoisotopic (exact) mass is 219 g/mol. The minimum Gasteiger partial charge on any atom is -0.215 e. The minimum absolute atomic E-state index is 0.259. The summed E-state index contributed by atoms with van der Waals surface area (Å²) in [5.41, 5.74) is 0. The highest BCUT2D eigenvalue weighted by Gasteiger charge is 2.22. The van der Waals surface area contributed by atoms with Crippen molar-refractivity contribution in [3.63, 3.8) is 0 Å². The van der Waals surface area contributed by atoms with Crippen LogP contribution in [0.4, 0.5) is 0 Å². The van der Waals surface area contributed by atoms with Crippen LogP contribution in [0.15, 0.2) is 0 Å². The van der Waals surface area contributed by atoms with E-state index in [9.17, 15) is 8.42 Å². The SMILES string of the molecule is CCCS(=O)(=O)NCC1CCC(C)C1. The topological polar surface area (TPSA) is 46.2 Å². The van der Waals surface area contributed by atoms with E-state index < -0.39 is 10.0 Å². The first-order valence-electron chi connectivity index (χ1n) is 5.51. The number of hydrogen-bond acceptors (Lipinski definition) is 2. The summed E-state index contributed by atoms with van der Waals surface area (Å²) in [6, 6.07) is 0. The highest BCUT2D eigenvalue weighted by molar-refractivity contribution is 7.89. The largest absolute Gasteiger partial charge is 0.215 e. The van der Waals surface area contributed by atoms with Gasteiger partial charge in [0.25, 0.3) is 0 Å². The van der Waals surface area contributed by atoms with E-state index in [2.05, 4.69) is 11.6 Å². The van der Waals surface area contributed by atoms with Crippen molar-refractivity contribution in [2.24, 2.45) is 11.8 Å². The molecule has 14 heavy (non-hydrogen) atoms. The smallest absolute Gasteiger partial charge is 0.211 e. The lowest BCUT2D eigenvalue weighted by Gasteiger charge is -2.10. The fraction of sp³-hybridized carbons (Fsp3) is 1.00. The molecule has 0 bridgehead atoms. The third kappa shape index (κ3) is 3.96. The van der Waals surface area contributed by atoms with Crippen LogP contribution in [0.5, 0.6) is 0 Å². The summed E-state index contributed by atoms with van der Waals surface area (Å²) in [4.78, 5) is 0. The van der Waals surface area contributed by atoms with Crippen molar-refractivity contribution >= 4 is 10.0 Å². The molecule has 0 aromatic rings. The summed E-state index contributed by atoms with van der Waals surface area (Å²) in [5.74, 6) is 1.60. The maximum Gasteiger partial charge on any atom is 0.211 e. The second kappa shape index (κ2) is 5.12. The number of nitrogens with one attached hydrogen (secondary N) is 1. The van der Waals surface area contributed by atoms with Crippen LogP contribution in [-0.2, 0) is 10.0 Å². The van der Waals surface area contributed by atoms with E-state index in [1.165, 1.54) is 19.3 Å². The molecule has 1 rings (SSSR count). The van der Waals surface area contributed by atoms with Crippen molar-refractivity contribution in [1.29, 1.82) is 0 Å². The molecule has 0 saturated heterocycles. The normalized spacial score (nSPS) is 28.1. The zero-order valence-electron chi connectivity index (χ0n) is 9.12. The highest BCUT2D eigenvalue weighted by atomic mass is 32.2. The summed E-state index contributed by atoms with van der Waals surface area (Å²) in [6.07, 6.45) is 4.29. The molecule has 0 amide bonds. The number of hydrogen-bond donors (Lipinski definition) is 1. The Morgan fingerprint density at radius 2 is 2.07 bits per heavy atom. The molecule has 1 aliphatic rings. The van der Waals surface area contributed by atoms with Crippen molar-refractivity contribution in [1.82, 2.24) is 4.72 Å². The Balaban J connectivity index is 2.26. The van der Waals surface area contributed by atoms with Gasteiger partial charge in [-0.05, 0) is 31.1 Å². The summed E-state index contributed by atoms with van der Waals surface area (Å²) in [5, 5.41) is 0. The van der Waals surface area contributed by atoms with E-state index >= 15 is 0 Å². The van der Waals surface area contributed by atoms with Crippen LogP contribution in [0, 0.1) is 11.8 Å². The predicted octanol–water partition coefficient (Wildman–Crippen LogP) is 1.75. The van der Waals surface area contributed by atoms with Gasteiger partial charge in [-0.1, -0.05) is 20.3 Å². The maximum absolute atomic E-state index is 11.4. The molecule has 84 valence electrons. The van der Waals surface area contributed by atoms with Crippen LogP contribution in [0.3, 0.4) is 0 Å². The molecule has 1 saturated carbocycles. The molecular weight excluding hydrogens is 198 g/mol. The molecule has 0 aromatic carbocycles. The quantitative estimate of drug-likeness (QED) is 0.765. The highest BCUT2D eigenvalue weighted by Crippen LogP contribution is 2.29. The fourth-order valence-corrected chi connectivity index (χ4v) is 3.27. The van der Waals surface area contributed by atoms with Gasteiger partial charge in [0.05, 0.1) is 5.75 Å². The molecular formula is C10H21NO2S. The second-order valence-corrected chi connectivity index (χ2v) is 6.38. The van der Waals surface area contributed by atoms with E-state index in [1.54, 1.807) is 0 Å². The third-order valence-corrected chi connectivity index (χ3v) is 4.42. The minimum atomic E-state index is -2.99. The van der Waals surface area contributed by atoms with Gasteiger partial charge in [0.2, 0.25) is 10.0 Å². The molecule has 0 heterocycles. The van der Waals surface area contributed by atoms with Crippen molar-refractivity contribution in [3.8, 4) is 0 Å². The Bertz CT molecular complexity index is 261. The molecule has 1 aliphatic carbocycles. The summed E-state index contributed by atoms with van der Waals surface area (Å²) in [7, 11) is -2.99. The van der Waals surface area contributed by atoms with Crippen LogP contribution >= 0.6 is 0 Å². The van der Waals surface area contributed by atoms with Gasteiger partial charge in [0, 0.05) is 6.54 Å². The number of rotatable bonds is 5. The van der Waals surface area contributed by atoms with Crippen LogP contribution in [0.2, 0.25) is 0 Å².